The summed E-state index contributed by atoms with van der Waals surface area (Å²) >= 11 is 0. The molecule has 0 saturated carbocycles. The number of nitrogens with zero attached hydrogens (tertiary/aromatic N) is 1. The number of likely N-dealkylation sites (tertiary alicyclic amines) is 1. The number of esters is 1. The summed E-state index contributed by atoms with van der Waals surface area (Å²) in [5.41, 5.74) is 1.89. The van der Waals surface area contributed by atoms with Crippen molar-refractivity contribution in [1.29, 1.82) is 0 Å². The summed E-state index contributed by atoms with van der Waals surface area (Å²) < 4.78 is 5.61. The molecule has 0 spiro atoms. The molecule has 2 N–H and O–H groups in total. The van der Waals surface area contributed by atoms with Crippen LogP contribution >= 0.6 is 13.5 Å². The Kier molecular flexibility index (Phi) is 9.20. The zero-order chi connectivity index (χ0) is 27.4. The zero-order valence-corrected chi connectivity index (χ0v) is 23.6. The van der Waals surface area contributed by atoms with Crippen molar-refractivity contribution in [3.63, 3.8) is 0 Å². The first kappa shape index (κ1) is 29.2. The Bertz CT molecular complexity index is 1360. The Hall–Kier alpha value is -3.78. The SMILES string of the molecule is CCOC(=O)[C@]1(c2ccccc2)CC[C@@H](C(=O)N2CCC(NC(=O)c3ccccc3O)CC2)c2ccccc21.S. The fraction of sp³-hybridized carbons (Fsp3) is 0.344. The Morgan fingerprint density at radius 3 is 2.27 bits per heavy atom. The predicted molar refractivity (Wildman–Crippen MR) is 158 cm³/mol. The van der Waals surface area contributed by atoms with E-state index in [0.717, 1.165) is 16.7 Å². The average Bonchev–Trinajstić information content (AvgIpc) is 2.97. The molecule has 1 aliphatic heterocycles. The molecule has 2 amide bonds. The topological polar surface area (TPSA) is 95.9 Å². The molecule has 8 heteroatoms. The molecule has 40 heavy (non-hydrogen) atoms. The summed E-state index contributed by atoms with van der Waals surface area (Å²) in [6, 6.07) is 23.9. The lowest BCUT2D eigenvalue weighted by Gasteiger charge is -2.42. The molecule has 210 valence electrons. The van der Waals surface area contributed by atoms with Crippen LogP contribution in [-0.4, -0.2) is 53.5 Å². The van der Waals surface area contributed by atoms with E-state index in [1.807, 2.05) is 66.4 Å². The number of ether oxygens (including phenoxy) is 1. The van der Waals surface area contributed by atoms with Crippen LogP contribution in [0.25, 0.3) is 0 Å². The second-order valence-electron chi connectivity index (χ2n) is 10.3. The number of para-hydroxylation sites is 1. The van der Waals surface area contributed by atoms with Gasteiger partial charge in [0.25, 0.3) is 5.91 Å². The van der Waals surface area contributed by atoms with E-state index in [-0.39, 0.29) is 61.2 Å². The van der Waals surface area contributed by atoms with Gasteiger partial charge in [-0.1, -0.05) is 66.7 Å². The number of piperidine rings is 1. The van der Waals surface area contributed by atoms with Gasteiger partial charge in [0.2, 0.25) is 5.91 Å². The highest BCUT2D eigenvalue weighted by atomic mass is 32.1. The molecule has 0 bridgehead atoms. The van der Waals surface area contributed by atoms with E-state index in [0.29, 0.717) is 38.8 Å². The number of hydrogen-bond acceptors (Lipinski definition) is 5. The van der Waals surface area contributed by atoms with Crippen LogP contribution in [0.1, 0.15) is 65.6 Å². The number of aromatic hydroxyl groups is 1. The minimum Gasteiger partial charge on any atom is -0.507 e. The number of phenolic OH excluding ortho intramolecular Hbond substituents is 1. The molecule has 0 radical (unpaired) electrons. The van der Waals surface area contributed by atoms with Crippen molar-refractivity contribution >= 4 is 31.3 Å². The summed E-state index contributed by atoms with van der Waals surface area (Å²) in [4.78, 5) is 41.9. The van der Waals surface area contributed by atoms with Crippen LogP contribution in [0.5, 0.6) is 5.75 Å². The Balaban J connectivity index is 0.00000370. The minimum atomic E-state index is -0.953. The van der Waals surface area contributed by atoms with Gasteiger partial charge in [-0.25, -0.2) is 0 Å². The minimum absolute atomic E-state index is 0. The van der Waals surface area contributed by atoms with Gasteiger partial charge < -0.3 is 20.1 Å². The van der Waals surface area contributed by atoms with Gasteiger partial charge in [-0.15, -0.1) is 0 Å². The number of phenols is 1. The van der Waals surface area contributed by atoms with Crippen molar-refractivity contribution < 1.29 is 24.2 Å². The quantitative estimate of drug-likeness (QED) is 0.428. The van der Waals surface area contributed by atoms with Crippen LogP contribution in [0, 0.1) is 0 Å². The summed E-state index contributed by atoms with van der Waals surface area (Å²) in [7, 11) is 0. The number of rotatable bonds is 6. The van der Waals surface area contributed by atoms with Gasteiger partial charge in [0, 0.05) is 19.1 Å². The number of nitrogens with one attached hydrogen (secondary N) is 1. The van der Waals surface area contributed by atoms with Crippen molar-refractivity contribution in [3.05, 3.63) is 101 Å². The number of benzene rings is 3. The molecule has 3 aromatic carbocycles. The van der Waals surface area contributed by atoms with Crippen LogP contribution in [0.3, 0.4) is 0 Å². The van der Waals surface area contributed by atoms with E-state index in [2.05, 4.69) is 5.32 Å². The van der Waals surface area contributed by atoms with E-state index in [4.69, 9.17) is 4.74 Å². The molecule has 2 aliphatic rings. The third-order valence-corrected chi connectivity index (χ3v) is 8.08. The molecule has 5 rings (SSSR count). The number of carbonyl (C=O) groups excluding carboxylic acids is 3. The van der Waals surface area contributed by atoms with Crippen molar-refractivity contribution in [2.75, 3.05) is 19.7 Å². The monoisotopic (exact) mass is 560 g/mol. The number of hydrogen-bond donors (Lipinski definition) is 2. The fourth-order valence-electron chi connectivity index (χ4n) is 6.10. The second-order valence-corrected chi connectivity index (χ2v) is 10.3. The van der Waals surface area contributed by atoms with Crippen LogP contribution < -0.4 is 5.32 Å². The first-order chi connectivity index (χ1) is 19.0. The maximum Gasteiger partial charge on any atom is 0.321 e. The van der Waals surface area contributed by atoms with Crippen molar-refractivity contribution in [1.82, 2.24) is 10.2 Å². The van der Waals surface area contributed by atoms with Crippen molar-refractivity contribution in [2.24, 2.45) is 0 Å². The van der Waals surface area contributed by atoms with Crippen LogP contribution in [0.15, 0.2) is 78.9 Å². The van der Waals surface area contributed by atoms with Gasteiger partial charge in [0.15, 0.2) is 0 Å². The molecular weight excluding hydrogens is 524 g/mol. The van der Waals surface area contributed by atoms with Crippen LogP contribution in [0.2, 0.25) is 0 Å². The van der Waals surface area contributed by atoms with Gasteiger partial charge in [-0.3, -0.25) is 14.4 Å². The number of amides is 2. The lowest BCUT2D eigenvalue weighted by molar-refractivity contribution is -0.149. The molecule has 7 nitrogen and oxygen atoms in total. The first-order valence-electron chi connectivity index (χ1n) is 13.7. The Labute approximate surface area is 242 Å². The Morgan fingerprint density at radius 2 is 1.57 bits per heavy atom. The molecule has 1 saturated heterocycles. The van der Waals surface area contributed by atoms with Crippen molar-refractivity contribution in [2.45, 2.75) is 50.0 Å². The maximum atomic E-state index is 13.8. The van der Waals surface area contributed by atoms with E-state index in [9.17, 15) is 19.5 Å². The van der Waals surface area contributed by atoms with Crippen LogP contribution in [-0.2, 0) is 19.7 Å². The summed E-state index contributed by atoms with van der Waals surface area (Å²) in [5.74, 6) is -0.933. The Morgan fingerprint density at radius 1 is 0.925 bits per heavy atom. The molecule has 2 atom stereocenters. The molecule has 1 fully saturated rings. The lowest BCUT2D eigenvalue weighted by atomic mass is 9.63. The largest absolute Gasteiger partial charge is 0.507 e. The summed E-state index contributed by atoms with van der Waals surface area (Å²) in [5, 5.41) is 13.0. The van der Waals surface area contributed by atoms with Crippen LogP contribution in [0.4, 0.5) is 0 Å². The third kappa shape index (κ3) is 5.45. The highest BCUT2D eigenvalue weighted by Crippen LogP contribution is 2.48. The predicted octanol–water partition coefficient (Wildman–Crippen LogP) is 4.65. The first-order valence-corrected chi connectivity index (χ1v) is 13.7. The number of carbonyl (C=O) groups is 3. The van der Waals surface area contributed by atoms with E-state index in [1.54, 1.807) is 18.2 Å². The highest BCUT2D eigenvalue weighted by molar-refractivity contribution is 7.59. The summed E-state index contributed by atoms with van der Waals surface area (Å²) in [6.45, 7) is 3.16. The van der Waals surface area contributed by atoms with Crippen molar-refractivity contribution in [3.8, 4) is 5.75 Å². The van der Waals surface area contributed by atoms with Gasteiger partial charge in [0.05, 0.1) is 18.1 Å². The van der Waals surface area contributed by atoms with Gasteiger partial charge in [0.1, 0.15) is 11.2 Å². The van der Waals surface area contributed by atoms with Gasteiger partial charge in [-0.05, 0) is 61.4 Å². The molecule has 1 heterocycles. The van der Waals surface area contributed by atoms with Gasteiger partial charge >= 0.3 is 5.97 Å². The van der Waals surface area contributed by atoms with Gasteiger partial charge in [-0.2, -0.15) is 13.5 Å². The third-order valence-electron chi connectivity index (χ3n) is 8.08. The molecule has 0 unspecified atom stereocenters. The van der Waals surface area contributed by atoms with E-state index >= 15 is 0 Å². The standard InChI is InChI=1S/C32H34N2O5.H2S/c1-2-39-31(38)32(22-10-4-3-5-11-22)19-16-25(24-12-6-8-14-27(24)32)30(37)34-20-17-23(18-21-34)33-29(36)26-13-7-9-15-28(26)35;/h3-15,23,25,35H,2,16-21H2,1H3,(H,33,36);1H2/t25-,32+;/m1./s1. The zero-order valence-electron chi connectivity index (χ0n) is 22.6. The highest BCUT2D eigenvalue weighted by Gasteiger charge is 2.50. The average molecular weight is 561 g/mol. The normalized spacial score (nSPS) is 20.5. The lowest BCUT2D eigenvalue weighted by Crippen LogP contribution is -2.49. The molecule has 0 aromatic heterocycles. The molecule has 3 aromatic rings. The molecule has 1 aliphatic carbocycles. The fourth-order valence-corrected chi connectivity index (χ4v) is 6.10. The number of fused-ring (bicyclic) bond motifs is 1. The maximum absolute atomic E-state index is 13.8. The van der Waals surface area contributed by atoms with E-state index in [1.165, 1.54) is 6.07 Å². The second kappa shape index (κ2) is 12.6. The molecular formula is C32H36N2O5S. The smallest absolute Gasteiger partial charge is 0.321 e. The summed E-state index contributed by atoms with van der Waals surface area (Å²) in [6.07, 6.45) is 2.29. The van der Waals surface area contributed by atoms with E-state index < -0.39 is 5.41 Å².